The van der Waals surface area contributed by atoms with Crippen LogP contribution in [0.25, 0.3) is 0 Å². The summed E-state index contributed by atoms with van der Waals surface area (Å²) in [7, 11) is 0. The molecule has 2 heteroatoms. The van der Waals surface area contributed by atoms with Crippen molar-refractivity contribution in [3.63, 3.8) is 0 Å². The maximum absolute atomic E-state index is 10.5. The van der Waals surface area contributed by atoms with Gasteiger partial charge in [0.15, 0.2) is 0 Å². The van der Waals surface area contributed by atoms with Gasteiger partial charge in [0.05, 0.1) is 5.60 Å². The smallest absolute Gasteiger partial charge is 0.0871 e. The third-order valence-electron chi connectivity index (χ3n) is 2.99. The first kappa shape index (κ1) is 14.0. The molecule has 0 aliphatic heterocycles. The molecule has 0 spiro atoms. The minimum atomic E-state index is -0.696. The molecule has 0 radical (unpaired) electrons. The van der Waals surface area contributed by atoms with Gasteiger partial charge in [-0.2, -0.15) is 0 Å². The molecular formula is C14H21IO. The molecular weight excluding hydrogens is 311 g/mol. The molecule has 0 aromatic heterocycles. The van der Waals surface area contributed by atoms with E-state index in [1.165, 1.54) is 16.4 Å². The van der Waals surface area contributed by atoms with Crippen molar-refractivity contribution in [1.82, 2.24) is 0 Å². The Hall–Kier alpha value is -0.0900. The van der Waals surface area contributed by atoms with Gasteiger partial charge >= 0.3 is 0 Å². The summed E-state index contributed by atoms with van der Waals surface area (Å²) in [4.78, 5) is 0. The summed E-state index contributed by atoms with van der Waals surface area (Å²) in [5, 5.41) is 10.5. The van der Waals surface area contributed by atoms with Crippen LogP contribution in [0, 0.1) is 9.49 Å². The molecule has 16 heavy (non-hydrogen) atoms. The Bertz CT molecular complexity index is 316. The molecule has 2 unspecified atom stereocenters. The molecule has 0 bridgehead atoms. The second-order valence-corrected chi connectivity index (χ2v) is 6.12. The molecule has 1 N–H and O–H groups in total. The maximum atomic E-state index is 10.5. The van der Waals surface area contributed by atoms with Gasteiger partial charge in [-0.3, -0.25) is 0 Å². The van der Waals surface area contributed by atoms with E-state index in [1.807, 2.05) is 19.1 Å². The summed E-state index contributed by atoms with van der Waals surface area (Å²) in [6.45, 7) is 6.32. The standard InChI is InChI=1S/C14H21IO/c1-4-5-11(2)10-14(3,16)12-6-8-13(15)9-7-12/h6-9,11,16H,4-5,10H2,1-3H3. The predicted octanol–water partition coefficient (Wildman–Crippen LogP) is 4.33. The molecule has 0 saturated carbocycles. The summed E-state index contributed by atoms with van der Waals surface area (Å²) >= 11 is 2.28. The van der Waals surface area contributed by atoms with E-state index in [-0.39, 0.29) is 0 Å². The second kappa shape index (κ2) is 6.01. The van der Waals surface area contributed by atoms with Crippen LogP contribution in [0.15, 0.2) is 24.3 Å². The number of rotatable bonds is 5. The normalized spacial score (nSPS) is 16.8. The molecule has 90 valence electrons. The Morgan fingerprint density at radius 2 is 1.88 bits per heavy atom. The summed E-state index contributed by atoms with van der Waals surface area (Å²) in [6, 6.07) is 8.16. The third-order valence-corrected chi connectivity index (χ3v) is 3.71. The van der Waals surface area contributed by atoms with E-state index in [2.05, 4.69) is 48.6 Å². The highest BCUT2D eigenvalue weighted by Crippen LogP contribution is 2.30. The molecule has 0 fully saturated rings. The summed E-state index contributed by atoms with van der Waals surface area (Å²) in [6.07, 6.45) is 3.20. The van der Waals surface area contributed by atoms with Crippen LogP contribution in [0.5, 0.6) is 0 Å². The van der Waals surface area contributed by atoms with Gasteiger partial charge in [-0.25, -0.2) is 0 Å². The first-order valence-electron chi connectivity index (χ1n) is 5.94. The van der Waals surface area contributed by atoms with Gasteiger partial charge in [0.2, 0.25) is 0 Å². The van der Waals surface area contributed by atoms with Crippen LogP contribution in [-0.2, 0) is 5.60 Å². The summed E-state index contributed by atoms with van der Waals surface area (Å²) < 4.78 is 1.21. The van der Waals surface area contributed by atoms with Gasteiger partial charge in [0.25, 0.3) is 0 Å². The fraction of sp³-hybridized carbons (Fsp3) is 0.571. The van der Waals surface area contributed by atoms with Crippen LogP contribution >= 0.6 is 22.6 Å². The van der Waals surface area contributed by atoms with Crippen molar-refractivity contribution in [3.05, 3.63) is 33.4 Å². The Balaban J connectivity index is 2.72. The number of halogens is 1. The van der Waals surface area contributed by atoms with Crippen molar-refractivity contribution in [2.24, 2.45) is 5.92 Å². The Labute approximate surface area is 112 Å². The highest BCUT2D eigenvalue weighted by Gasteiger charge is 2.25. The molecule has 2 atom stereocenters. The minimum Gasteiger partial charge on any atom is -0.385 e. The lowest BCUT2D eigenvalue weighted by Crippen LogP contribution is -2.24. The lowest BCUT2D eigenvalue weighted by atomic mass is 9.85. The highest BCUT2D eigenvalue weighted by molar-refractivity contribution is 14.1. The van der Waals surface area contributed by atoms with E-state index in [1.54, 1.807) is 0 Å². The lowest BCUT2D eigenvalue weighted by Gasteiger charge is -2.27. The highest BCUT2D eigenvalue weighted by atomic mass is 127. The zero-order valence-electron chi connectivity index (χ0n) is 10.3. The number of hydrogen-bond donors (Lipinski definition) is 1. The fourth-order valence-electron chi connectivity index (χ4n) is 2.20. The Morgan fingerprint density at radius 1 is 1.31 bits per heavy atom. The van der Waals surface area contributed by atoms with E-state index in [9.17, 15) is 5.11 Å². The number of benzene rings is 1. The minimum absolute atomic E-state index is 0.569. The first-order valence-corrected chi connectivity index (χ1v) is 7.02. The van der Waals surface area contributed by atoms with Gasteiger partial charge in [-0.1, -0.05) is 38.8 Å². The Morgan fingerprint density at radius 3 is 2.38 bits per heavy atom. The van der Waals surface area contributed by atoms with Crippen molar-refractivity contribution in [3.8, 4) is 0 Å². The molecule has 0 heterocycles. The number of aliphatic hydroxyl groups is 1. The van der Waals surface area contributed by atoms with E-state index >= 15 is 0 Å². The molecule has 0 aliphatic rings. The average Bonchev–Trinajstić information content (AvgIpc) is 2.17. The molecule has 0 amide bonds. The van der Waals surface area contributed by atoms with Crippen LogP contribution < -0.4 is 0 Å². The summed E-state index contributed by atoms with van der Waals surface area (Å²) in [5.74, 6) is 0.569. The second-order valence-electron chi connectivity index (χ2n) is 4.88. The predicted molar refractivity (Wildman–Crippen MR) is 77.4 cm³/mol. The third kappa shape index (κ3) is 4.06. The van der Waals surface area contributed by atoms with Gasteiger partial charge in [-0.15, -0.1) is 0 Å². The van der Waals surface area contributed by atoms with Crippen molar-refractivity contribution in [2.75, 3.05) is 0 Å². The van der Waals surface area contributed by atoms with E-state index in [4.69, 9.17) is 0 Å². The summed E-state index contributed by atoms with van der Waals surface area (Å²) in [5.41, 5.74) is 0.328. The zero-order valence-corrected chi connectivity index (χ0v) is 12.5. The van der Waals surface area contributed by atoms with Crippen LogP contribution in [0.3, 0.4) is 0 Å². The maximum Gasteiger partial charge on any atom is 0.0871 e. The van der Waals surface area contributed by atoms with Gasteiger partial charge < -0.3 is 5.11 Å². The first-order chi connectivity index (χ1) is 7.45. The van der Waals surface area contributed by atoms with E-state index in [0.29, 0.717) is 5.92 Å². The van der Waals surface area contributed by atoms with E-state index < -0.39 is 5.60 Å². The Kier molecular flexibility index (Phi) is 5.25. The fourth-order valence-corrected chi connectivity index (χ4v) is 2.56. The largest absolute Gasteiger partial charge is 0.385 e. The average molecular weight is 332 g/mol. The number of hydrogen-bond acceptors (Lipinski definition) is 1. The van der Waals surface area contributed by atoms with E-state index in [0.717, 1.165) is 12.0 Å². The van der Waals surface area contributed by atoms with Gasteiger partial charge in [0.1, 0.15) is 0 Å². The van der Waals surface area contributed by atoms with Gasteiger partial charge in [-0.05, 0) is 59.5 Å². The zero-order chi connectivity index (χ0) is 12.2. The monoisotopic (exact) mass is 332 g/mol. The SMILES string of the molecule is CCCC(C)CC(C)(O)c1ccc(I)cc1. The molecule has 1 aromatic rings. The lowest BCUT2D eigenvalue weighted by molar-refractivity contribution is 0.0311. The van der Waals surface area contributed by atoms with Crippen LogP contribution in [0.2, 0.25) is 0 Å². The topological polar surface area (TPSA) is 20.2 Å². The van der Waals surface area contributed by atoms with Crippen molar-refractivity contribution >= 4 is 22.6 Å². The van der Waals surface area contributed by atoms with Crippen molar-refractivity contribution < 1.29 is 5.11 Å². The molecule has 1 rings (SSSR count). The van der Waals surface area contributed by atoms with Crippen molar-refractivity contribution in [2.45, 2.75) is 45.6 Å². The van der Waals surface area contributed by atoms with Crippen LogP contribution in [-0.4, -0.2) is 5.11 Å². The quantitative estimate of drug-likeness (QED) is 0.796. The van der Waals surface area contributed by atoms with Crippen LogP contribution in [0.4, 0.5) is 0 Å². The molecule has 1 nitrogen and oxygen atoms in total. The van der Waals surface area contributed by atoms with Crippen molar-refractivity contribution in [1.29, 1.82) is 0 Å². The molecule has 1 aromatic carbocycles. The molecule has 0 saturated heterocycles. The van der Waals surface area contributed by atoms with Crippen LogP contribution in [0.1, 0.15) is 45.6 Å². The van der Waals surface area contributed by atoms with Gasteiger partial charge in [0, 0.05) is 3.57 Å². The molecule has 0 aliphatic carbocycles.